The van der Waals surface area contributed by atoms with Crippen molar-refractivity contribution in [3.05, 3.63) is 41.2 Å². The largest absolute Gasteiger partial charge is 0.444 e. The third-order valence-electron chi connectivity index (χ3n) is 3.87. The first-order valence-corrected chi connectivity index (χ1v) is 7.73. The Labute approximate surface area is 134 Å². The summed E-state index contributed by atoms with van der Waals surface area (Å²) >= 11 is 5.86. The molecule has 1 aromatic carbocycles. The molecule has 0 unspecified atom stereocenters. The van der Waals surface area contributed by atoms with E-state index in [2.05, 4.69) is 4.98 Å². The standard InChI is InChI=1S/C16H18ClN3O2/c17-12-3-1-11(2-4-12)16-19-14(10-22-16)9-15(21)20-7-5-13(18)6-8-20/h1-4,10,13H,5-9,18H2. The summed E-state index contributed by atoms with van der Waals surface area (Å²) < 4.78 is 5.45. The molecule has 116 valence electrons. The molecule has 1 saturated heterocycles. The Hall–Kier alpha value is -1.85. The van der Waals surface area contributed by atoms with Crippen LogP contribution in [0.5, 0.6) is 0 Å². The normalized spacial score (nSPS) is 16.0. The number of likely N-dealkylation sites (tertiary alicyclic amines) is 1. The predicted octanol–water partition coefficient (Wildman–Crippen LogP) is 2.49. The number of amides is 1. The molecule has 5 nitrogen and oxygen atoms in total. The van der Waals surface area contributed by atoms with Crippen LogP contribution in [-0.4, -0.2) is 34.9 Å². The van der Waals surface area contributed by atoms with E-state index in [-0.39, 0.29) is 18.4 Å². The average molecular weight is 320 g/mol. The van der Waals surface area contributed by atoms with Gasteiger partial charge in [0.05, 0.1) is 12.1 Å². The van der Waals surface area contributed by atoms with E-state index in [0.717, 1.165) is 31.5 Å². The highest BCUT2D eigenvalue weighted by atomic mass is 35.5. The van der Waals surface area contributed by atoms with Crippen LogP contribution in [0, 0.1) is 0 Å². The zero-order valence-electron chi connectivity index (χ0n) is 12.2. The highest BCUT2D eigenvalue weighted by Gasteiger charge is 2.21. The number of nitrogens with zero attached hydrogens (tertiary/aromatic N) is 2. The van der Waals surface area contributed by atoms with Gasteiger partial charge in [-0.2, -0.15) is 0 Å². The minimum Gasteiger partial charge on any atom is -0.444 e. The molecule has 0 radical (unpaired) electrons. The molecule has 6 heteroatoms. The summed E-state index contributed by atoms with van der Waals surface area (Å²) in [6, 6.07) is 7.45. The van der Waals surface area contributed by atoms with Crippen LogP contribution in [-0.2, 0) is 11.2 Å². The average Bonchev–Trinajstić information content (AvgIpc) is 2.97. The number of piperidine rings is 1. The number of carbonyl (C=O) groups is 1. The first-order chi connectivity index (χ1) is 10.6. The van der Waals surface area contributed by atoms with Gasteiger partial charge in [0.2, 0.25) is 11.8 Å². The van der Waals surface area contributed by atoms with Crippen molar-refractivity contribution in [3.8, 4) is 11.5 Å². The fraction of sp³-hybridized carbons (Fsp3) is 0.375. The van der Waals surface area contributed by atoms with Crippen LogP contribution < -0.4 is 5.73 Å². The van der Waals surface area contributed by atoms with Gasteiger partial charge in [0.15, 0.2) is 0 Å². The summed E-state index contributed by atoms with van der Waals surface area (Å²) in [6.07, 6.45) is 3.52. The molecule has 0 atom stereocenters. The van der Waals surface area contributed by atoms with Gasteiger partial charge in [0.25, 0.3) is 0 Å². The first kappa shape index (κ1) is 15.1. The van der Waals surface area contributed by atoms with Gasteiger partial charge < -0.3 is 15.1 Å². The zero-order valence-corrected chi connectivity index (χ0v) is 12.9. The Balaban J connectivity index is 1.64. The second-order valence-corrected chi connectivity index (χ2v) is 5.98. The van der Waals surface area contributed by atoms with Gasteiger partial charge >= 0.3 is 0 Å². The molecule has 1 aliphatic heterocycles. The van der Waals surface area contributed by atoms with Crippen molar-refractivity contribution in [2.45, 2.75) is 25.3 Å². The molecular weight excluding hydrogens is 302 g/mol. The Bertz CT molecular complexity index is 646. The summed E-state index contributed by atoms with van der Waals surface area (Å²) in [7, 11) is 0. The zero-order chi connectivity index (χ0) is 15.5. The van der Waals surface area contributed by atoms with E-state index < -0.39 is 0 Å². The summed E-state index contributed by atoms with van der Waals surface area (Å²) in [5.41, 5.74) is 7.34. The van der Waals surface area contributed by atoms with E-state index in [1.165, 1.54) is 6.26 Å². The number of rotatable bonds is 3. The van der Waals surface area contributed by atoms with Crippen LogP contribution in [0.25, 0.3) is 11.5 Å². The SMILES string of the molecule is NC1CCN(C(=O)Cc2coc(-c3ccc(Cl)cc3)n2)CC1. The number of aromatic nitrogens is 1. The van der Waals surface area contributed by atoms with E-state index in [1.54, 1.807) is 12.1 Å². The van der Waals surface area contributed by atoms with E-state index in [0.29, 0.717) is 16.6 Å². The molecule has 2 N–H and O–H groups in total. The molecule has 1 amide bonds. The maximum absolute atomic E-state index is 12.3. The van der Waals surface area contributed by atoms with Crippen LogP contribution >= 0.6 is 11.6 Å². The quantitative estimate of drug-likeness (QED) is 0.943. The van der Waals surface area contributed by atoms with Crippen LogP contribution in [0.15, 0.2) is 34.9 Å². The van der Waals surface area contributed by atoms with Crippen LogP contribution in [0.3, 0.4) is 0 Å². The van der Waals surface area contributed by atoms with Crippen molar-refractivity contribution >= 4 is 17.5 Å². The Morgan fingerprint density at radius 2 is 2.00 bits per heavy atom. The van der Waals surface area contributed by atoms with Gasteiger partial charge in [-0.1, -0.05) is 11.6 Å². The van der Waals surface area contributed by atoms with Crippen molar-refractivity contribution < 1.29 is 9.21 Å². The van der Waals surface area contributed by atoms with Crippen molar-refractivity contribution in [1.82, 2.24) is 9.88 Å². The fourth-order valence-electron chi connectivity index (χ4n) is 2.53. The number of hydrogen-bond donors (Lipinski definition) is 1. The van der Waals surface area contributed by atoms with Crippen molar-refractivity contribution in [3.63, 3.8) is 0 Å². The Kier molecular flexibility index (Phi) is 4.45. The lowest BCUT2D eigenvalue weighted by atomic mass is 10.1. The monoisotopic (exact) mass is 319 g/mol. The van der Waals surface area contributed by atoms with Gasteiger partial charge in [-0.25, -0.2) is 4.98 Å². The van der Waals surface area contributed by atoms with Crippen molar-refractivity contribution in [2.24, 2.45) is 5.73 Å². The number of nitrogens with two attached hydrogens (primary N) is 1. The molecule has 0 saturated carbocycles. The molecule has 2 aromatic rings. The summed E-state index contributed by atoms with van der Waals surface area (Å²) in [5, 5.41) is 0.661. The summed E-state index contributed by atoms with van der Waals surface area (Å²) in [4.78, 5) is 18.5. The first-order valence-electron chi connectivity index (χ1n) is 7.35. The Morgan fingerprint density at radius 1 is 1.32 bits per heavy atom. The lowest BCUT2D eigenvalue weighted by Crippen LogP contribution is -2.43. The molecular formula is C16H18ClN3O2. The molecule has 1 aliphatic rings. The molecule has 0 aliphatic carbocycles. The molecule has 22 heavy (non-hydrogen) atoms. The van der Waals surface area contributed by atoms with Crippen LogP contribution in [0.1, 0.15) is 18.5 Å². The number of hydrogen-bond acceptors (Lipinski definition) is 4. The lowest BCUT2D eigenvalue weighted by Gasteiger charge is -2.30. The van der Waals surface area contributed by atoms with Gasteiger partial charge in [-0.3, -0.25) is 4.79 Å². The second-order valence-electron chi connectivity index (χ2n) is 5.55. The molecule has 3 rings (SSSR count). The minimum atomic E-state index is 0.0721. The topological polar surface area (TPSA) is 72.4 Å². The second kappa shape index (κ2) is 6.50. The molecule has 1 aromatic heterocycles. The highest BCUT2D eigenvalue weighted by molar-refractivity contribution is 6.30. The van der Waals surface area contributed by atoms with E-state index in [9.17, 15) is 4.79 Å². The van der Waals surface area contributed by atoms with Crippen LogP contribution in [0.4, 0.5) is 0 Å². The van der Waals surface area contributed by atoms with Gasteiger partial charge in [-0.15, -0.1) is 0 Å². The molecule has 1 fully saturated rings. The minimum absolute atomic E-state index is 0.0721. The maximum Gasteiger partial charge on any atom is 0.228 e. The third kappa shape index (κ3) is 3.48. The third-order valence-corrected chi connectivity index (χ3v) is 4.12. The number of benzene rings is 1. The number of halogens is 1. The summed E-state index contributed by atoms with van der Waals surface area (Å²) in [6.45, 7) is 1.45. The van der Waals surface area contributed by atoms with Crippen molar-refractivity contribution in [2.75, 3.05) is 13.1 Å². The van der Waals surface area contributed by atoms with Gasteiger partial charge in [0.1, 0.15) is 6.26 Å². The predicted molar refractivity (Wildman–Crippen MR) is 84.4 cm³/mol. The maximum atomic E-state index is 12.3. The van der Waals surface area contributed by atoms with Crippen molar-refractivity contribution in [1.29, 1.82) is 0 Å². The van der Waals surface area contributed by atoms with Gasteiger partial charge in [-0.05, 0) is 37.1 Å². The fourth-order valence-corrected chi connectivity index (χ4v) is 2.65. The summed E-state index contributed by atoms with van der Waals surface area (Å²) in [5.74, 6) is 0.572. The van der Waals surface area contributed by atoms with Crippen LogP contribution in [0.2, 0.25) is 5.02 Å². The van der Waals surface area contributed by atoms with E-state index >= 15 is 0 Å². The molecule has 0 bridgehead atoms. The van der Waals surface area contributed by atoms with E-state index in [4.69, 9.17) is 21.8 Å². The Morgan fingerprint density at radius 3 is 2.68 bits per heavy atom. The molecule has 0 spiro atoms. The lowest BCUT2D eigenvalue weighted by molar-refractivity contribution is -0.131. The van der Waals surface area contributed by atoms with E-state index in [1.807, 2.05) is 17.0 Å². The number of oxazole rings is 1. The highest BCUT2D eigenvalue weighted by Crippen LogP contribution is 2.21. The molecule has 2 heterocycles. The smallest absolute Gasteiger partial charge is 0.228 e. The number of carbonyl (C=O) groups excluding carboxylic acids is 1. The van der Waals surface area contributed by atoms with Gasteiger partial charge in [0, 0.05) is 29.7 Å².